The number of anilines is 1. The highest BCUT2D eigenvalue weighted by Gasteiger charge is 2.50. The van der Waals surface area contributed by atoms with Crippen LogP contribution in [-0.2, 0) is 0 Å². The molecule has 0 aliphatic carbocycles. The topological polar surface area (TPSA) is 62.5 Å². The van der Waals surface area contributed by atoms with Gasteiger partial charge in [-0.25, -0.2) is 4.98 Å². The third-order valence-corrected chi connectivity index (χ3v) is 6.79. The smallest absolute Gasteiger partial charge is 0.293 e. The van der Waals surface area contributed by atoms with Crippen molar-refractivity contribution in [3.63, 3.8) is 0 Å². The third kappa shape index (κ3) is 2.81. The van der Waals surface area contributed by atoms with Gasteiger partial charge < -0.3 is 14.3 Å². The second-order valence-electron chi connectivity index (χ2n) is 7.74. The average Bonchev–Trinajstić information content (AvgIpc) is 3.45. The Kier molecular flexibility index (Phi) is 4.19. The summed E-state index contributed by atoms with van der Waals surface area (Å²) in [6.07, 6.45) is 1.86. The molecule has 1 amide bonds. The van der Waals surface area contributed by atoms with Crippen LogP contribution >= 0.6 is 11.3 Å². The molecule has 2 aliphatic heterocycles. The van der Waals surface area contributed by atoms with E-state index in [1.807, 2.05) is 29.5 Å². The van der Waals surface area contributed by atoms with Crippen LogP contribution in [0.25, 0.3) is 0 Å². The second kappa shape index (κ2) is 6.74. The van der Waals surface area contributed by atoms with E-state index < -0.39 is 0 Å². The monoisotopic (exact) mass is 394 g/mol. The molecule has 2 fully saturated rings. The molecule has 144 valence electrons. The summed E-state index contributed by atoms with van der Waals surface area (Å²) in [6.45, 7) is 6.53. The first-order valence-corrected chi connectivity index (χ1v) is 10.4. The van der Waals surface area contributed by atoms with Gasteiger partial charge in [0.05, 0.1) is 11.7 Å². The van der Waals surface area contributed by atoms with Gasteiger partial charge in [-0.15, -0.1) is 11.3 Å². The van der Waals surface area contributed by atoms with E-state index in [1.54, 1.807) is 17.4 Å². The lowest BCUT2D eigenvalue weighted by Crippen LogP contribution is -2.36. The number of hydrogen-bond acceptors (Lipinski definition) is 6. The standard InChI is InChI=1S/C21H22N4O2S/c1-13-5-3-4-6-16(13)19-17-12-24(21-22-7-8-28-21)10-15(17)11-25(19)20(26)18-9-14(2)23-27-18/h3-9,15,17,19H,10-12H2,1-2H3/t15-,17-,19+/m0/s1. The quantitative estimate of drug-likeness (QED) is 0.678. The number of rotatable bonds is 3. The van der Waals surface area contributed by atoms with E-state index in [9.17, 15) is 4.79 Å². The van der Waals surface area contributed by atoms with Crippen LogP contribution in [-0.4, -0.2) is 40.6 Å². The number of likely N-dealkylation sites (tertiary alicyclic amines) is 1. The molecule has 0 spiro atoms. The Morgan fingerprint density at radius 1 is 1.21 bits per heavy atom. The fourth-order valence-electron chi connectivity index (χ4n) is 4.71. The minimum Gasteiger partial charge on any atom is -0.351 e. The van der Waals surface area contributed by atoms with E-state index in [1.165, 1.54) is 11.1 Å². The van der Waals surface area contributed by atoms with Crippen molar-refractivity contribution in [3.05, 3.63) is 64.5 Å². The normalized spacial score (nSPS) is 24.0. The number of amides is 1. The van der Waals surface area contributed by atoms with Crippen molar-refractivity contribution in [1.29, 1.82) is 0 Å². The Balaban J connectivity index is 1.50. The van der Waals surface area contributed by atoms with Crippen LogP contribution in [0, 0.1) is 25.7 Å². The first kappa shape index (κ1) is 17.4. The fraction of sp³-hybridized carbons (Fsp3) is 0.381. The molecule has 0 unspecified atom stereocenters. The molecule has 3 aromatic rings. The zero-order valence-electron chi connectivity index (χ0n) is 15.9. The number of aryl methyl sites for hydroxylation is 2. The van der Waals surface area contributed by atoms with Gasteiger partial charge in [0.2, 0.25) is 5.76 Å². The van der Waals surface area contributed by atoms with Gasteiger partial charge in [0, 0.05) is 49.1 Å². The van der Waals surface area contributed by atoms with E-state index in [-0.39, 0.29) is 11.9 Å². The molecule has 0 bridgehead atoms. The van der Waals surface area contributed by atoms with Crippen LogP contribution in [0.2, 0.25) is 0 Å². The Labute approximate surface area is 167 Å². The number of thiazole rings is 1. The summed E-state index contributed by atoms with van der Waals surface area (Å²) >= 11 is 1.68. The summed E-state index contributed by atoms with van der Waals surface area (Å²) in [5.74, 6) is 1.05. The van der Waals surface area contributed by atoms with Crippen molar-refractivity contribution in [2.75, 3.05) is 24.5 Å². The molecule has 2 saturated heterocycles. The van der Waals surface area contributed by atoms with Gasteiger partial charge in [-0.1, -0.05) is 29.4 Å². The highest BCUT2D eigenvalue weighted by molar-refractivity contribution is 7.13. The Hall–Kier alpha value is -2.67. The van der Waals surface area contributed by atoms with Gasteiger partial charge in [0.25, 0.3) is 5.91 Å². The van der Waals surface area contributed by atoms with Gasteiger partial charge >= 0.3 is 0 Å². The predicted molar refractivity (Wildman–Crippen MR) is 108 cm³/mol. The minimum atomic E-state index is -0.0657. The van der Waals surface area contributed by atoms with E-state index in [0.29, 0.717) is 17.6 Å². The SMILES string of the molecule is Cc1cc(C(=O)N2C[C@@H]3CN(c4nccs4)C[C@@H]3[C@H]2c2ccccc2C)on1. The molecular formula is C21H22N4O2S. The van der Waals surface area contributed by atoms with Crippen LogP contribution in [0.1, 0.15) is 33.4 Å². The maximum absolute atomic E-state index is 13.3. The Morgan fingerprint density at radius 3 is 2.79 bits per heavy atom. The molecule has 5 rings (SSSR count). The minimum absolute atomic E-state index is 0.0362. The lowest BCUT2D eigenvalue weighted by molar-refractivity contribution is 0.0673. The molecule has 0 N–H and O–H groups in total. The van der Waals surface area contributed by atoms with E-state index in [2.05, 4.69) is 40.2 Å². The molecular weight excluding hydrogens is 372 g/mol. The number of carbonyl (C=O) groups excluding carboxylic acids is 1. The van der Waals surface area contributed by atoms with Gasteiger partial charge in [-0.05, 0) is 25.0 Å². The number of hydrogen-bond donors (Lipinski definition) is 0. The number of nitrogens with zero attached hydrogens (tertiary/aromatic N) is 4. The highest BCUT2D eigenvalue weighted by atomic mass is 32.1. The first-order chi connectivity index (χ1) is 13.6. The van der Waals surface area contributed by atoms with Crippen molar-refractivity contribution in [1.82, 2.24) is 15.0 Å². The zero-order chi connectivity index (χ0) is 19.3. The molecule has 7 heteroatoms. The van der Waals surface area contributed by atoms with Crippen molar-refractivity contribution in [2.45, 2.75) is 19.9 Å². The number of carbonyl (C=O) groups is 1. The average molecular weight is 395 g/mol. The number of benzene rings is 1. The second-order valence-corrected chi connectivity index (χ2v) is 8.61. The summed E-state index contributed by atoms with van der Waals surface area (Å²) in [6, 6.07) is 10.2. The number of aromatic nitrogens is 2. The van der Waals surface area contributed by atoms with Crippen molar-refractivity contribution in [3.8, 4) is 0 Å². The van der Waals surface area contributed by atoms with Crippen LogP contribution in [0.5, 0.6) is 0 Å². The molecule has 0 radical (unpaired) electrons. The first-order valence-electron chi connectivity index (χ1n) is 9.56. The molecule has 3 atom stereocenters. The van der Waals surface area contributed by atoms with Crippen molar-refractivity contribution >= 4 is 22.4 Å². The van der Waals surface area contributed by atoms with Gasteiger partial charge in [-0.3, -0.25) is 4.79 Å². The molecule has 4 heterocycles. The summed E-state index contributed by atoms with van der Waals surface area (Å²) in [5.41, 5.74) is 3.16. The Bertz CT molecular complexity index is 1000. The maximum Gasteiger partial charge on any atom is 0.293 e. The number of fused-ring (bicyclic) bond motifs is 1. The predicted octanol–water partition coefficient (Wildman–Crippen LogP) is 3.70. The van der Waals surface area contributed by atoms with E-state index in [4.69, 9.17) is 4.52 Å². The molecule has 0 saturated carbocycles. The van der Waals surface area contributed by atoms with E-state index in [0.717, 1.165) is 30.5 Å². The van der Waals surface area contributed by atoms with Crippen molar-refractivity contribution in [2.24, 2.45) is 11.8 Å². The Morgan fingerprint density at radius 2 is 2.07 bits per heavy atom. The molecule has 28 heavy (non-hydrogen) atoms. The maximum atomic E-state index is 13.3. The van der Waals surface area contributed by atoms with Crippen molar-refractivity contribution < 1.29 is 9.32 Å². The fourth-order valence-corrected chi connectivity index (χ4v) is 5.37. The largest absolute Gasteiger partial charge is 0.351 e. The summed E-state index contributed by atoms with van der Waals surface area (Å²) < 4.78 is 5.30. The molecule has 1 aromatic carbocycles. The van der Waals surface area contributed by atoms with Crippen LogP contribution < -0.4 is 4.90 Å². The highest BCUT2D eigenvalue weighted by Crippen LogP contribution is 2.47. The zero-order valence-corrected chi connectivity index (χ0v) is 16.7. The third-order valence-electron chi connectivity index (χ3n) is 5.96. The molecule has 6 nitrogen and oxygen atoms in total. The summed E-state index contributed by atoms with van der Waals surface area (Å²) in [7, 11) is 0. The van der Waals surface area contributed by atoms with Gasteiger partial charge in [-0.2, -0.15) is 0 Å². The van der Waals surface area contributed by atoms with Crippen LogP contribution in [0.15, 0.2) is 46.4 Å². The lowest BCUT2D eigenvalue weighted by atomic mass is 9.87. The summed E-state index contributed by atoms with van der Waals surface area (Å²) in [5, 5.41) is 6.99. The van der Waals surface area contributed by atoms with Crippen LogP contribution in [0.4, 0.5) is 5.13 Å². The van der Waals surface area contributed by atoms with Crippen LogP contribution in [0.3, 0.4) is 0 Å². The lowest BCUT2D eigenvalue weighted by Gasteiger charge is -2.30. The summed E-state index contributed by atoms with van der Waals surface area (Å²) in [4.78, 5) is 22.1. The van der Waals surface area contributed by atoms with Gasteiger partial charge in [0.1, 0.15) is 0 Å². The molecule has 2 aromatic heterocycles. The van der Waals surface area contributed by atoms with Gasteiger partial charge in [0.15, 0.2) is 5.13 Å². The van der Waals surface area contributed by atoms with E-state index >= 15 is 0 Å². The molecule has 2 aliphatic rings.